The van der Waals surface area contributed by atoms with E-state index >= 15 is 0 Å². The second-order valence-electron chi connectivity index (χ2n) is 9.87. The van der Waals surface area contributed by atoms with E-state index in [1.807, 2.05) is 22.6 Å². The van der Waals surface area contributed by atoms with Crippen molar-refractivity contribution in [3.63, 3.8) is 0 Å². The molecule has 3 aliphatic rings. The number of aliphatic hydroxyl groups excluding tert-OH is 1. The number of carbonyl (C=O) groups is 3. The number of rotatable bonds is 8. The lowest BCUT2D eigenvalue weighted by molar-refractivity contribution is -0.188. The van der Waals surface area contributed by atoms with E-state index in [-0.39, 0.29) is 28.6 Å². The van der Waals surface area contributed by atoms with Gasteiger partial charge in [-0.15, -0.1) is 11.6 Å². The monoisotopic (exact) mass is 665 g/mol. The maximum Gasteiger partial charge on any atom is 0.391 e. The molecule has 37 heavy (non-hydrogen) atoms. The smallest absolute Gasteiger partial charge is 0.391 e. The van der Waals surface area contributed by atoms with Crippen LogP contribution in [0.3, 0.4) is 0 Å². The lowest BCUT2D eigenvalue weighted by Crippen LogP contribution is -2.53. The topological polar surface area (TPSA) is 152 Å². The summed E-state index contributed by atoms with van der Waals surface area (Å²) in [5, 5.41) is 30.4. The minimum atomic E-state index is -4.47. The predicted molar refractivity (Wildman–Crippen MR) is 137 cm³/mol. The molecule has 0 aromatic rings. The molecule has 2 fully saturated rings. The van der Waals surface area contributed by atoms with Gasteiger partial charge in [-0.25, -0.2) is 0 Å². The van der Waals surface area contributed by atoms with E-state index in [2.05, 4.69) is 26.3 Å². The molecule has 6 N–H and O–H groups in total. The van der Waals surface area contributed by atoms with Crippen molar-refractivity contribution in [3.8, 4) is 0 Å². The van der Waals surface area contributed by atoms with Crippen LogP contribution in [0.2, 0.25) is 0 Å². The first-order valence-electron chi connectivity index (χ1n) is 12.2. The van der Waals surface area contributed by atoms with E-state index in [0.29, 0.717) is 31.9 Å². The van der Waals surface area contributed by atoms with E-state index in [1.165, 1.54) is 0 Å². The zero-order chi connectivity index (χ0) is 27.3. The summed E-state index contributed by atoms with van der Waals surface area (Å²) < 4.78 is 40.4. The van der Waals surface area contributed by atoms with Gasteiger partial charge in [0.15, 0.2) is 5.96 Å². The van der Waals surface area contributed by atoms with Crippen molar-refractivity contribution in [2.45, 2.75) is 72.2 Å². The number of halogens is 5. The number of aliphatic carboxylic acids is 1. The summed E-state index contributed by atoms with van der Waals surface area (Å²) in [7, 11) is 0. The number of aliphatic imine (C=N–C) groups is 1. The van der Waals surface area contributed by atoms with Crippen LogP contribution in [0, 0.1) is 17.8 Å². The molecule has 15 heteroatoms. The van der Waals surface area contributed by atoms with Gasteiger partial charge in [0.25, 0.3) is 0 Å². The number of hydrogen-bond donors (Lipinski definition) is 6. The first kappa shape index (κ1) is 30.0. The van der Waals surface area contributed by atoms with Crippen molar-refractivity contribution < 1.29 is 37.8 Å². The molecule has 0 aromatic heterocycles. The van der Waals surface area contributed by atoms with Crippen molar-refractivity contribution in [1.82, 2.24) is 21.3 Å². The van der Waals surface area contributed by atoms with Crippen LogP contribution in [-0.2, 0) is 14.4 Å². The molecule has 0 bridgehead atoms. The quantitative estimate of drug-likeness (QED) is 0.168. The summed E-state index contributed by atoms with van der Waals surface area (Å²) in [6, 6.07) is -1.54. The molecule has 0 aromatic carbocycles. The van der Waals surface area contributed by atoms with Crippen LogP contribution in [-0.4, -0.2) is 87.3 Å². The van der Waals surface area contributed by atoms with Crippen LogP contribution in [0.4, 0.5) is 13.2 Å². The van der Waals surface area contributed by atoms with Gasteiger partial charge in [0, 0.05) is 39.8 Å². The Morgan fingerprint density at radius 1 is 1.19 bits per heavy atom. The molecule has 210 valence electrons. The summed E-state index contributed by atoms with van der Waals surface area (Å²) in [5.74, 6) is -5.40. The highest BCUT2D eigenvalue weighted by atomic mass is 127. The van der Waals surface area contributed by atoms with Crippen molar-refractivity contribution in [2.75, 3.05) is 19.6 Å². The van der Waals surface area contributed by atoms with E-state index in [1.54, 1.807) is 0 Å². The highest BCUT2D eigenvalue weighted by Crippen LogP contribution is 2.40. The number of alkyl halides is 5. The van der Waals surface area contributed by atoms with Gasteiger partial charge in [0.1, 0.15) is 0 Å². The minimum absolute atomic E-state index is 0.144. The molecule has 8 atom stereocenters. The van der Waals surface area contributed by atoms with Gasteiger partial charge in [-0.2, -0.15) is 13.2 Å². The van der Waals surface area contributed by atoms with E-state index in [9.17, 15) is 37.8 Å². The van der Waals surface area contributed by atoms with Gasteiger partial charge < -0.3 is 31.5 Å². The van der Waals surface area contributed by atoms with Crippen molar-refractivity contribution in [2.24, 2.45) is 22.7 Å². The summed E-state index contributed by atoms with van der Waals surface area (Å²) in [6.45, 7) is 0.568. The number of carboxylic acids is 1. The third-order valence-electron chi connectivity index (χ3n) is 7.05. The standard InChI is InChI=1S/C22H32ClF3IN5O5/c23-12-6-14(19(36)15(27)7-12)16(8-18(34)35)32-17(33)9-30-20(37)10-3-11(22(24,25)26)5-13(4-10)31-21-28-1-2-29-21/h10-16,19,36H,1-9H2,(H,30,37)(H,32,33)(H,34,35)(H2,28,29,31). The van der Waals surface area contributed by atoms with Gasteiger partial charge in [0.05, 0.1) is 31.5 Å². The molecule has 0 spiro atoms. The molecule has 1 aliphatic heterocycles. The summed E-state index contributed by atoms with van der Waals surface area (Å²) in [6.07, 6.45) is -5.37. The minimum Gasteiger partial charge on any atom is -0.481 e. The van der Waals surface area contributed by atoms with E-state index < -0.39 is 72.9 Å². The third-order valence-corrected chi connectivity index (χ3v) is 8.66. The Morgan fingerprint density at radius 2 is 1.92 bits per heavy atom. The van der Waals surface area contributed by atoms with Gasteiger partial charge in [-0.05, 0) is 32.1 Å². The Bertz CT molecular complexity index is 882. The zero-order valence-corrected chi connectivity index (χ0v) is 22.9. The Labute approximate surface area is 231 Å². The number of nitrogens with zero attached hydrogens (tertiary/aromatic N) is 1. The number of carbonyl (C=O) groups excluding carboxylic acids is 2. The van der Waals surface area contributed by atoms with Crippen LogP contribution in [0.1, 0.15) is 38.5 Å². The highest BCUT2D eigenvalue weighted by molar-refractivity contribution is 14.1. The van der Waals surface area contributed by atoms with E-state index in [4.69, 9.17) is 11.6 Å². The maximum absolute atomic E-state index is 13.5. The molecule has 2 saturated carbocycles. The molecule has 0 radical (unpaired) electrons. The highest BCUT2D eigenvalue weighted by Gasteiger charge is 2.47. The zero-order valence-electron chi connectivity index (χ0n) is 19.9. The van der Waals surface area contributed by atoms with Gasteiger partial charge >= 0.3 is 12.1 Å². The number of nitrogens with one attached hydrogen (secondary N) is 4. The molecule has 2 aliphatic carbocycles. The average molecular weight is 666 g/mol. The van der Waals surface area contributed by atoms with Crippen molar-refractivity contribution in [3.05, 3.63) is 0 Å². The molecule has 2 amide bonds. The first-order valence-corrected chi connectivity index (χ1v) is 13.9. The molecular weight excluding hydrogens is 634 g/mol. The average Bonchev–Trinajstić information content (AvgIpc) is 3.31. The van der Waals surface area contributed by atoms with E-state index in [0.717, 1.165) is 0 Å². The Morgan fingerprint density at radius 3 is 2.54 bits per heavy atom. The largest absolute Gasteiger partial charge is 0.481 e. The lowest BCUT2D eigenvalue weighted by atomic mass is 9.77. The molecule has 8 unspecified atom stereocenters. The fourth-order valence-corrected chi connectivity index (χ4v) is 7.10. The first-order chi connectivity index (χ1) is 17.3. The number of hydrogen-bond acceptors (Lipinski definition) is 7. The van der Waals surface area contributed by atoms with Gasteiger partial charge in [-0.1, -0.05) is 22.6 Å². The fourth-order valence-electron chi connectivity index (χ4n) is 5.26. The Kier molecular flexibility index (Phi) is 10.5. The predicted octanol–water partition coefficient (Wildman–Crippen LogP) is 1.14. The van der Waals surface area contributed by atoms with Crippen LogP contribution in [0.15, 0.2) is 4.99 Å². The van der Waals surface area contributed by atoms with Gasteiger partial charge in [-0.3, -0.25) is 19.4 Å². The number of guanidine groups is 1. The fraction of sp³-hybridized carbons (Fsp3) is 0.818. The second-order valence-corrected chi connectivity index (χ2v) is 12.1. The van der Waals surface area contributed by atoms with Crippen molar-refractivity contribution >= 4 is 57.9 Å². The Balaban J connectivity index is 1.59. The molecule has 0 saturated heterocycles. The molecular formula is C22H32ClF3IN5O5. The normalized spacial score (nSPS) is 33.0. The lowest BCUT2D eigenvalue weighted by Gasteiger charge is -2.39. The number of aliphatic hydroxyl groups is 1. The van der Waals surface area contributed by atoms with Crippen LogP contribution >= 0.6 is 34.2 Å². The van der Waals surface area contributed by atoms with Gasteiger partial charge in [0.2, 0.25) is 11.8 Å². The summed E-state index contributed by atoms with van der Waals surface area (Å²) >= 11 is 8.30. The van der Waals surface area contributed by atoms with Crippen LogP contribution in [0.25, 0.3) is 0 Å². The summed E-state index contributed by atoms with van der Waals surface area (Å²) in [5.41, 5.74) is 0. The molecule has 1 heterocycles. The molecule has 3 rings (SSSR count). The summed E-state index contributed by atoms with van der Waals surface area (Å²) in [4.78, 5) is 40.9. The van der Waals surface area contributed by atoms with Crippen molar-refractivity contribution in [1.29, 1.82) is 0 Å². The van der Waals surface area contributed by atoms with Crippen LogP contribution < -0.4 is 21.3 Å². The van der Waals surface area contributed by atoms with Crippen LogP contribution in [0.5, 0.6) is 0 Å². The SMILES string of the molecule is O=C(O)CC(NC(=O)CNC(=O)C1CC(NC2=NCCN2)CC(C(F)(F)F)C1)C1CC(Cl)CC(I)C1O. The third kappa shape index (κ3) is 8.73. The Hall–Kier alpha value is -1.55. The second kappa shape index (κ2) is 13.0. The molecule has 10 nitrogen and oxygen atoms in total. The number of carboxylic acid groups (broad SMARTS) is 1. The maximum atomic E-state index is 13.5. The number of amides is 2.